The van der Waals surface area contributed by atoms with Crippen LogP contribution in [0.4, 0.5) is 14.9 Å². The maximum atomic E-state index is 13.3. The zero-order valence-corrected chi connectivity index (χ0v) is 18.1. The van der Waals surface area contributed by atoms with Crippen molar-refractivity contribution in [3.63, 3.8) is 0 Å². The number of anilines is 1. The number of halogens is 1. The lowest BCUT2D eigenvalue weighted by Crippen LogP contribution is -2.43. The van der Waals surface area contributed by atoms with Crippen LogP contribution in [0.5, 0.6) is 5.75 Å². The average molecular weight is 435 g/mol. The second-order valence-corrected chi connectivity index (χ2v) is 7.90. The highest BCUT2D eigenvalue weighted by Crippen LogP contribution is 2.25. The predicted molar refractivity (Wildman–Crippen MR) is 123 cm³/mol. The predicted octanol–water partition coefficient (Wildman–Crippen LogP) is 5.71. The van der Waals surface area contributed by atoms with Gasteiger partial charge in [0.25, 0.3) is 0 Å². The van der Waals surface area contributed by atoms with E-state index in [-0.39, 0.29) is 18.0 Å². The lowest BCUT2D eigenvalue weighted by molar-refractivity contribution is 0.115. The highest BCUT2D eigenvalue weighted by Gasteiger charge is 2.24. The lowest BCUT2D eigenvalue weighted by atomic mass is 10.0. The molecule has 1 N–H and O–H groups in total. The summed E-state index contributed by atoms with van der Waals surface area (Å²) in [6.07, 6.45) is 1.56. The van der Waals surface area contributed by atoms with Crippen molar-refractivity contribution >= 4 is 11.7 Å². The maximum Gasteiger partial charge on any atom is 0.321 e. The summed E-state index contributed by atoms with van der Waals surface area (Å²) in [5, 5.41) is 2.75. The van der Waals surface area contributed by atoms with Crippen LogP contribution in [0.25, 0.3) is 11.1 Å². The third kappa shape index (κ3) is 5.65. The number of methoxy groups -OCH3 is 1. The van der Waals surface area contributed by atoms with Gasteiger partial charge in [0, 0.05) is 38.7 Å². The summed E-state index contributed by atoms with van der Waals surface area (Å²) in [6, 6.07) is 22.1. The molecule has 166 valence electrons. The van der Waals surface area contributed by atoms with Crippen LogP contribution in [-0.2, 0) is 11.3 Å². The Morgan fingerprint density at radius 2 is 1.66 bits per heavy atom. The third-order valence-electron chi connectivity index (χ3n) is 5.56. The van der Waals surface area contributed by atoms with Gasteiger partial charge in [0.1, 0.15) is 17.7 Å². The first-order chi connectivity index (χ1) is 15.6. The van der Waals surface area contributed by atoms with Crippen molar-refractivity contribution in [1.29, 1.82) is 0 Å². The zero-order valence-electron chi connectivity index (χ0n) is 18.1. The van der Waals surface area contributed by atoms with Crippen LogP contribution in [0.15, 0.2) is 72.8 Å². The topological polar surface area (TPSA) is 50.8 Å². The van der Waals surface area contributed by atoms with E-state index < -0.39 is 0 Å². The van der Waals surface area contributed by atoms with E-state index in [9.17, 15) is 9.18 Å². The summed E-state index contributed by atoms with van der Waals surface area (Å²) < 4.78 is 24.6. The number of rotatable bonds is 6. The molecule has 4 rings (SSSR count). The van der Waals surface area contributed by atoms with Gasteiger partial charge in [-0.1, -0.05) is 42.5 Å². The standard InChI is InChI=1S/C26H27FN2O3/c1-31-18-19-5-7-20(8-6-19)21-9-11-24(12-10-21)32-25-13-15-29(16-14-25)26(30)28-23-4-2-3-22(27)17-23/h2-12,17,25H,13-16,18H2,1H3,(H,28,30). The van der Waals surface area contributed by atoms with Crippen LogP contribution < -0.4 is 10.1 Å². The number of likely N-dealkylation sites (tertiary alicyclic amines) is 1. The van der Waals surface area contributed by atoms with Gasteiger partial charge >= 0.3 is 6.03 Å². The summed E-state index contributed by atoms with van der Waals surface area (Å²) in [7, 11) is 1.69. The SMILES string of the molecule is COCc1ccc(-c2ccc(OC3CCN(C(=O)Nc4cccc(F)c4)CC3)cc2)cc1. The molecule has 0 bridgehead atoms. The Morgan fingerprint density at radius 1 is 1.00 bits per heavy atom. The number of benzene rings is 3. The van der Waals surface area contributed by atoms with Gasteiger partial charge in [-0.25, -0.2) is 9.18 Å². The lowest BCUT2D eigenvalue weighted by Gasteiger charge is -2.32. The molecule has 0 aromatic heterocycles. The van der Waals surface area contributed by atoms with Crippen molar-refractivity contribution < 1.29 is 18.7 Å². The number of ether oxygens (including phenoxy) is 2. The average Bonchev–Trinajstić information content (AvgIpc) is 2.81. The minimum Gasteiger partial charge on any atom is -0.490 e. The van der Waals surface area contributed by atoms with Crippen LogP contribution in [-0.4, -0.2) is 37.2 Å². The van der Waals surface area contributed by atoms with E-state index in [4.69, 9.17) is 9.47 Å². The molecule has 0 radical (unpaired) electrons. The Bertz CT molecular complexity index is 1030. The van der Waals surface area contributed by atoms with Crippen molar-refractivity contribution in [2.24, 2.45) is 0 Å². The van der Waals surface area contributed by atoms with Crippen molar-refractivity contribution in [1.82, 2.24) is 4.90 Å². The summed E-state index contributed by atoms with van der Waals surface area (Å²) in [6.45, 7) is 1.80. The molecule has 3 aromatic rings. The second-order valence-electron chi connectivity index (χ2n) is 7.90. The van der Waals surface area contributed by atoms with Gasteiger partial charge in [-0.05, 0) is 47.0 Å². The summed E-state index contributed by atoms with van der Waals surface area (Å²) in [5.74, 6) is 0.455. The van der Waals surface area contributed by atoms with Crippen LogP contribution in [0.2, 0.25) is 0 Å². The highest BCUT2D eigenvalue weighted by atomic mass is 19.1. The fourth-order valence-corrected chi connectivity index (χ4v) is 3.82. The van der Waals surface area contributed by atoms with E-state index in [1.54, 1.807) is 24.1 Å². The minimum atomic E-state index is -0.371. The van der Waals surface area contributed by atoms with E-state index >= 15 is 0 Å². The Balaban J connectivity index is 1.27. The molecule has 1 fully saturated rings. The number of nitrogens with one attached hydrogen (secondary N) is 1. The van der Waals surface area contributed by atoms with Gasteiger partial charge < -0.3 is 19.7 Å². The number of nitrogens with zero attached hydrogens (tertiary/aromatic N) is 1. The maximum absolute atomic E-state index is 13.3. The first kappa shape index (κ1) is 21.8. The molecule has 1 aliphatic rings. The molecule has 1 saturated heterocycles. The quantitative estimate of drug-likeness (QED) is 0.540. The summed E-state index contributed by atoms with van der Waals surface area (Å²) >= 11 is 0. The van der Waals surface area contributed by atoms with E-state index in [1.807, 2.05) is 12.1 Å². The van der Waals surface area contributed by atoms with Crippen molar-refractivity contribution in [2.75, 3.05) is 25.5 Å². The first-order valence-electron chi connectivity index (χ1n) is 10.8. The molecule has 0 atom stereocenters. The minimum absolute atomic E-state index is 0.0624. The molecule has 1 aliphatic heterocycles. The van der Waals surface area contributed by atoms with E-state index in [1.165, 1.54) is 12.1 Å². The molecular weight excluding hydrogens is 407 g/mol. The van der Waals surface area contributed by atoms with Crippen LogP contribution in [0.1, 0.15) is 18.4 Å². The van der Waals surface area contributed by atoms with Gasteiger partial charge in [0.05, 0.1) is 6.61 Å². The molecular formula is C26H27FN2O3. The van der Waals surface area contributed by atoms with E-state index in [0.29, 0.717) is 25.4 Å². The molecule has 2 amide bonds. The molecule has 0 spiro atoms. The van der Waals surface area contributed by atoms with Crippen LogP contribution in [0, 0.1) is 5.82 Å². The molecule has 1 heterocycles. The van der Waals surface area contributed by atoms with Gasteiger partial charge in [0.2, 0.25) is 0 Å². The van der Waals surface area contributed by atoms with Crippen molar-refractivity contribution in [3.05, 3.63) is 84.2 Å². The number of urea groups is 1. The monoisotopic (exact) mass is 434 g/mol. The Labute approximate surface area is 187 Å². The van der Waals surface area contributed by atoms with Gasteiger partial charge in [-0.2, -0.15) is 0 Å². The number of hydrogen-bond acceptors (Lipinski definition) is 3. The molecule has 0 aliphatic carbocycles. The zero-order chi connectivity index (χ0) is 22.3. The number of amides is 2. The molecule has 32 heavy (non-hydrogen) atoms. The van der Waals surface area contributed by atoms with Crippen LogP contribution in [0.3, 0.4) is 0 Å². The Hall–Kier alpha value is -3.38. The molecule has 5 nitrogen and oxygen atoms in total. The van der Waals surface area contributed by atoms with Crippen molar-refractivity contribution in [2.45, 2.75) is 25.6 Å². The fourth-order valence-electron chi connectivity index (χ4n) is 3.82. The first-order valence-corrected chi connectivity index (χ1v) is 10.8. The van der Waals surface area contributed by atoms with E-state index in [0.717, 1.165) is 35.3 Å². The molecule has 0 unspecified atom stereocenters. The number of carbonyl (C=O) groups excluding carboxylic acids is 1. The summed E-state index contributed by atoms with van der Waals surface area (Å²) in [4.78, 5) is 14.2. The third-order valence-corrected chi connectivity index (χ3v) is 5.56. The van der Waals surface area contributed by atoms with Crippen LogP contribution >= 0.6 is 0 Å². The number of hydrogen-bond donors (Lipinski definition) is 1. The van der Waals surface area contributed by atoms with E-state index in [2.05, 4.69) is 41.7 Å². The largest absolute Gasteiger partial charge is 0.490 e. The smallest absolute Gasteiger partial charge is 0.321 e. The molecule has 3 aromatic carbocycles. The Morgan fingerprint density at radius 3 is 2.28 bits per heavy atom. The van der Waals surface area contributed by atoms with Crippen molar-refractivity contribution in [3.8, 4) is 16.9 Å². The normalized spacial score (nSPS) is 14.2. The Kier molecular flexibility index (Phi) is 7.02. The fraction of sp³-hybridized carbons (Fsp3) is 0.269. The van der Waals surface area contributed by atoms with Gasteiger partial charge in [0.15, 0.2) is 0 Å². The summed E-state index contributed by atoms with van der Waals surface area (Å²) in [5.41, 5.74) is 3.88. The molecule has 0 saturated carbocycles. The second kappa shape index (κ2) is 10.3. The molecule has 6 heteroatoms. The highest BCUT2D eigenvalue weighted by molar-refractivity contribution is 5.89. The van der Waals surface area contributed by atoms with Gasteiger partial charge in [-0.3, -0.25) is 0 Å². The van der Waals surface area contributed by atoms with Gasteiger partial charge in [-0.15, -0.1) is 0 Å². The number of piperidine rings is 1. The number of carbonyl (C=O) groups is 1.